The van der Waals surface area contributed by atoms with Crippen molar-refractivity contribution >= 4 is 17.7 Å². The second-order valence-electron chi connectivity index (χ2n) is 7.67. The predicted octanol–water partition coefficient (Wildman–Crippen LogP) is 2.96. The van der Waals surface area contributed by atoms with Crippen molar-refractivity contribution in [1.29, 1.82) is 5.41 Å². The number of benzene rings is 2. The van der Waals surface area contributed by atoms with Crippen molar-refractivity contribution in [2.24, 2.45) is 5.73 Å². The number of nitrogens with one attached hydrogen (secondary N) is 1. The van der Waals surface area contributed by atoms with Crippen LogP contribution in [0.25, 0.3) is 11.1 Å². The molecule has 7 heteroatoms. The van der Waals surface area contributed by atoms with Crippen molar-refractivity contribution in [2.75, 3.05) is 13.7 Å². The van der Waals surface area contributed by atoms with Crippen LogP contribution in [0.2, 0.25) is 0 Å². The molecule has 2 aromatic rings. The average Bonchev–Trinajstić information content (AvgIpc) is 3.10. The van der Waals surface area contributed by atoms with Gasteiger partial charge in [0, 0.05) is 12.5 Å². The lowest BCUT2D eigenvalue weighted by atomic mass is 9.99. The smallest absolute Gasteiger partial charge is 0.331 e. The number of likely N-dealkylation sites (tertiary alicyclic amines) is 1. The van der Waals surface area contributed by atoms with Gasteiger partial charge < -0.3 is 20.1 Å². The SMILES string of the molecule is COC(=O)[C@]1(C)CC[C@@H](COc2ccc(-c3ccc(C(=N)N)cc3)cc2)N1C(C)=O. The Kier molecular flexibility index (Phi) is 6.10. The highest BCUT2D eigenvalue weighted by atomic mass is 16.5. The van der Waals surface area contributed by atoms with Crippen molar-refractivity contribution in [3.63, 3.8) is 0 Å². The number of esters is 1. The van der Waals surface area contributed by atoms with Crippen LogP contribution >= 0.6 is 0 Å². The van der Waals surface area contributed by atoms with Gasteiger partial charge in [0.15, 0.2) is 0 Å². The van der Waals surface area contributed by atoms with Crippen LogP contribution in [-0.4, -0.2) is 47.9 Å². The van der Waals surface area contributed by atoms with E-state index in [4.69, 9.17) is 20.6 Å². The molecule has 0 radical (unpaired) electrons. The van der Waals surface area contributed by atoms with E-state index in [0.717, 1.165) is 11.1 Å². The van der Waals surface area contributed by atoms with E-state index in [1.165, 1.54) is 14.0 Å². The van der Waals surface area contributed by atoms with Gasteiger partial charge in [0.05, 0.1) is 13.2 Å². The van der Waals surface area contributed by atoms with E-state index in [-0.39, 0.29) is 17.8 Å². The van der Waals surface area contributed by atoms with Gasteiger partial charge in [0.1, 0.15) is 23.7 Å². The van der Waals surface area contributed by atoms with E-state index in [2.05, 4.69) is 0 Å². The first-order valence-electron chi connectivity index (χ1n) is 9.82. The Morgan fingerprint density at radius 3 is 2.20 bits per heavy atom. The number of amidine groups is 1. The molecule has 1 amide bonds. The lowest BCUT2D eigenvalue weighted by Crippen LogP contribution is -2.54. The van der Waals surface area contributed by atoms with E-state index < -0.39 is 11.5 Å². The number of carbonyl (C=O) groups is 2. The second kappa shape index (κ2) is 8.57. The maximum atomic E-state index is 12.2. The molecule has 1 aliphatic rings. The second-order valence-corrected chi connectivity index (χ2v) is 7.67. The van der Waals surface area contributed by atoms with Crippen molar-refractivity contribution in [2.45, 2.75) is 38.3 Å². The molecule has 2 aromatic carbocycles. The van der Waals surface area contributed by atoms with E-state index >= 15 is 0 Å². The summed E-state index contributed by atoms with van der Waals surface area (Å²) in [7, 11) is 1.34. The van der Waals surface area contributed by atoms with Crippen LogP contribution in [0.1, 0.15) is 32.3 Å². The molecule has 7 nitrogen and oxygen atoms in total. The van der Waals surface area contributed by atoms with Gasteiger partial charge >= 0.3 is 5.97 Å². The quantitative estimate of drug-likeness (QED) is 0.433. The Labute approximate surface area is 176 Å². The summed E-state index contributed by atoms with van der Waals surface area (Å²) < 4.78 is 10.8. The molecular formula is C23H27N3O4. The molecule has 0 spiro atoms. The highest BCUT2D eigenvalue weighted by molar-refractivity contribution is 5.95. The first-order chi connectivity index (χ1) is 14.3. The van der Waals surface area contributed by atoms with Gasteiger partial charge in [-0.25, -0.2) is 4.79 Å². The number of nitrogens with zero attached hydrogens (tertiary/aromatic N) is 1. The van der Waals surface area contributed by atoms with Crippen LogP contribution in [-0.2, 0) is 14.3 Å². The lowest BCUT2D eigenvalue weighted by Gasteiger charge is -2.35. The zero-order valence-corrected chi connectivity index (χ0v) is 17.5. The standard InChI is InChI=1S/C23H27N3O4/c1-15(27)26-19(12-13-23(26,2)22(28)29-3)14-30-20-10-8-17(9-11-20)16-4-6-18(7-5-16)21(24)25/h4-11,19H,12-14H2,1-3H3,(H3,24,25)/t19-,23-/m0/s1. The molecule has 2 atom stereocenters. The summed E-state index contributed by atoms with van der Waals surface area (Å²) in [6, 6.07) is 14.9. The maximum Gasteiger partial charge on any atom is 0.331 e. The fourth-order valence-electron chi connectivity index (χ4n) is 4.06. The van der Waals surface area contributed by atoms with E-state index in [1.54, 1.807) is 11.8 Å². The van der Waals surface area contributed by atoms with Gasteiger partial charge in [-0.3, -0.25) is 10.2 Å². The first kappa shape index (κ1) is 21.4. The van der Waals surface area contributed by atoms with Crippen LogP contribution < -0.4 is 10.5 Å². The molecule has 3 N–H and O–H groups in total. The number of methoxy groups -OCH3 is 1. The summed E-state index contributed by atoms with van der Waals surface area (Å²) in [5.41, 5.74) is 7.25. The zero-order valence-electron chi connectivity index (χ0n) is 17.5. The Bertz CT molecular complexity index is 940. The lowest BCUT2D eigenvalue weighted by molar-refractivity contribution is -0.159. The van der Waals surface area contributed by atoms with Gasteiger partial charge in [-0.2, -0.15) is 0 Å². The number of ether oxygens (including phenoxy) is 2. The summed E-state index contributed by atoms with van der Waals surface area (Å²) in [6.45, 7) is 3.51. The Morgan fingerprint density at radius 2 is 1.70 bits per heavy atom. The summed E-state index contributed by atoms with van der Waals surface area (Å²) >= 11 is 0. The molecule has 3 rings (SSSR count). The van der Waals surface area contributed by atoms with Crippen molar-refractivity contribution in [1.82, 2.24) is 4.90 Å². The van der Waals surface area contributed by atoms with E-state index in [0.29, 0.717) is 30.8 Å². The number of carbonyl (C=O) groups excluding carboxylic acids is 2. The average molecular weight is 409 g/mol. The van der Waals surface area contributed by atoms with Gasteiger partial charge in [-0.15, -0.1) is 0 Å². The third-order valence-electron chi connectivity index (χ3n) is 5.65. The third-order valence-corrected chi connectivity index (χ3v) is 5.65. The molecule has 158 valence electrons. The van der Waals surface area contributed by atoms with Crippen LogP contribution in [0.15, 0.2) is 48.5 Å². The minimum Gasteiger partial charge on any atom is -0.491 e. The highest BCUT2D eigenvalue weighted by Crippen LogP contribution is 2.35. The van der Waals surface area contributed by atoms with E-state index in [1.807, 2.05) is 48.5 Å². The van der Waals surface area contributed by atoms with E-state index in [9.17, 15) is 9.59 Å². The van der Waals surface area contributed by atoms with Gasteiger partial charge in [-0.05, 0) is 43.0 Å². The Balaban J connectivity index is 1.67. The summed E-state index contributed by atoms with van der Waals surface area (Å²) in [4.78, 5) is 26.0. The van der Waals surface area contributed by atoms with Crippen LogP contribution in [0.5, 0.6) is 5.75 Å². The number of hydrogen-bond acceptors (Lipinski definition) is 5. The number of hydrogen-bond donors (Lipinski definition) is 2. The van der Waals surface area contributed by atoms with Gasteiger partial charge in [0.25, 0.3) is 0 Å². The minimum absolute atomic E-state index is 0.0418. The molecule has 1 fully saturated rings. The Hall–Kier alpha value is -3.35. The fourth-order valence-corrected chi connectivity index (χ4v) is 4.06. The minimum atomic E-state index is -0.954. The fraction of sp³-hybridized carbons (Fsp3) is 0.348. The Morgan fingerprint density at radius 1 is 1.13 bits per heavy atom. The largest absolute Gasteiger partial charge is 0.491 e. The molecule has 1 heterocycles. The number of nitrogen functional groups attached to an aromatic ring is 1. The van der Waals surface area contributed by atoms with Crippen molar-refractivity contribution < 1.29 is 19.1 Å². The van der Waals surface area contributed by atoms with Crippen LogP contribution in [0.4, 0.5) is 0 Å². The molecule has 1 aliphatic heterocycles. The van der Waals surface area contributed by atoms with Crippen molar-refractivity contribution in [3.8, 4) is 16.9 Å². The van der Waals surface area contributed by atoms with Crippen molar-refractivity contribution in [3.05, 3.63) is 54.1 Å². The van der Waals surface area contributed by atoms with Crippen LogP contribution in [0.3, 0.4) is 0 Å². The summed E-state index contributed by atoms with van der Waals surface area (Å²) in [5, 5.41) is 7.47. The number of amides is 1. The maximum absolute atomic E-state index is 12.2. The van der Waals surface area contributed by atoms with Gasteiger partial charge in [0.2, 0.25) is 5.91 Å². The topological polar surface area (TPSA) is 106 Å². The molecular weight excluding hydrogens is 382 g/mol. The highest BCUT2D eigenvalue weighted by Gasteiger charge is 2.50. The molecule has 1 saturated heterocycles. The molecule has 0 unspecified atom stereocenters. The summed E-state index contributed by atoms with van der Waals surface area (Å²) in [5.74, 6) is 0.160. The monoisotopic (exact) mass is 409 g/mol. The molecule has 30 heavy (non-hydrogen) atoms. The molecule has 0 aliphatic carbocycles. The zero-order chi connectivity index (χ0) is 21.9. The normalized spacial score (nSPS) is 20.6. The van der Waals surface area contributed by atoms with Gasteiger partial charge in [-0.1, -0.05) is 36.4 Å². The third kappa shape index (κ3) is 4.15. The molecule has 0 aromatic heterocycles. The summed E-state index contributed by atoms with van der Waals surface area (Å²) in [6.07, 6.45) is 1.22. The van der Waals surface area contributed by atoms with Crippen LogP contribution in [0, 0.1) is 5.41 Å². The number of rotatable bonds is 6. The first-order valence-corrected chi connectivity index (χ1v) is 9.82. The number of nitrogens with two attached hydrogens (primary N) is 1. The molecule has 0 saturated carbocycles. The predicted molar refractivity (Wildman–Crippen MR) is 114 cm³/mol. The molecule has 0 bridgehead atoms.